The van der Waals surface area contributed by atoms with E-state index < -0.39 is 5.41 Å². The van der Waals surface area contributed by atoms with Crippen LogP contribution in [0.1, 0.15) is 116 Å². The molecule has 0 aliphatic heterocycles. The molecule has 4 atom stereocenters. The predicted octanol–water partition coefficient (Wildman–Crippen LogP) is 9.76. The Morgan fingerprint density at radius 2 is 1.67 bits per heavy atom. The second-order valence-electron chi connectivity index (χ2n) is 14.9. The summed E-state index contributed by atoms with van der Waals surface area (Å²) in [5, 5.41) is 0. The van der Waals surface area contributed by atoms with Crippen molar-refractivity contribution in [1.29, 1.82) is 0 Å². The number of rotatable bonds is 12. The van der Waals surface area contributed by atoms with E-state index in [1.54, 1.807) is 20.3 Å². The van der Waals surface area contributed by atoms with Crippen LogP contribution in [0.15, 0.2) is 48.0 Å². The first kappa shape index (κ1) is 33.1. The molecule has 1 saturated carbocycles. The van der Waals surface area contributed by atoms with Gasteiger partial charge in [-0.3, -0.25) is 4.79 Å². The van der Waals surface area contributed by atoms with Crippen LogP contribution in [-0.2, 0) is 14.9 Å². The molecule has 0 saturated heterocycles. The molecule has 0 amide bonds. The molecule has 5 rings (SSSR count). The first-order valence-electron chi connectivity index (χ1n) is 16.1. The highest BCUT2D eigenvalue weighted by atomic mass is 19.1. The standard InChI is InChI=1S/C38H53FO4/c1-11-12-13-17-29(24-15-14-16-27(39)18-24)37(5,6)26-20-32(41-9)34(33(21-26)42-10)28-19-25(23-43-35(40)36(2,3)4)30-22-31(28)38(30,7)8/h14-16,18-21,28-31H,11-13,17,22-23H2,1-10H3/t28-,29-,30+,31-/m0/s1. The Balaban J connectivity index is 1.76. The molecule has 0 unspecified atom stereocenters. The molecule has 3 aliphatic carbocycles. The summed E-state index contributed by atoms with van der Waals surface area (Å²) in [7, 11) is 3.46. The van der Waals surface area contributed by atoms with Crippen LogP contribution in [0.2, 0.25) is 0 Å². The molecule has 4 nitrogen and oxygen atoms in total. The predicted molar refractivity (Wildman–Crippen MR) is 172 cm³/mol. The van der Waals surface area contributed by atoms with Gasteiger partial charge >= 0.3 is 5.97 Å². The minimum Gasteiger partial charge on any atom is -0.496 e. The van der Waals surface area contributed by atoms with Gasteiger partial charge in [0.2, 0.25) is 0 Å². The second-order valence-corrected chi connectivity index (χ2v) is 14.9. The van der Waals surface area contributed by atoms with E-state index in [9.17, 15) is 9.18 Å². The van der Waals surface area contributed by atoms with Gasteiger partial charge in [0.15, 0.2) is 0 Å². The van der Waals surface area contributed by atoms with Crippen LogP contribution in [0.5, 0.6) is 11.5 Å². The molecule has 2 bridgehead atoms. The van der Waals surface area contributed by atoms with Crippen molar-refractivity contribution in [2.75, 3.05) is 20.8 Å². The Kier molecular flexibility index (Phi) is 9.74. The molecule has 0 radical (unpaired) electrons. The zero-order valence-corrected chi connectivity index (χ0v) is 28.1. The van der Waals surface area contributed by atoms with Crippen molar-refractivity contribution in [2.24, 2.45) is 22.7 Å². The summed E-state index contributed by atoms with van der Waals surface area (Å²) < 4.78 is 32.5. The van der Waals surface area contributed by atoms with Crippen LogP contribution >= 0.6 is 0 Å². The van der Waals surface area contributed by atoms with E-state index in [0.717, 1.165) is 60.3 Å². The molecule has 3 aliphatic rings. The van der Waals surface area contributed by atoms with E-state index in [1.165, 1.54) is 11.6 Å². The quantitative estimate of drug-likeness (QED) is 0.140. The summed E-state index contributed by atoms with van der Waals surface area (Å²) >= 11 is 0. The highest BCUT2D eigenvalue weighted by Gasteiger charge is 2.56. The lowest BCUT2D eigenvalue weighted by Crippen LogP contribution is -2.52. The van der Waals surface area contributed by atoms with Crippen LogP contribution in [0.3, 0.4) is 0 Å². The van der Waals surface area contributed by atoms with Gasteiger partial charge in [0.05, 0.1) is 19.6 Å². The van der Waals surface area contributed by atoms with E-state index >= 15 is 0 Å². The minimum absolute atomic E-state index is 0.0681. The zero-order valence-electron chi connectivity index (χ0n) is 28.1. The maximum Gasteiger partial charge on any atom is 0.311 e. The van der Waals surface area contributed by atoms with E-state index in [2.05, 4.69) is 58.9 Å². The number of hydrogen-bond acceptors (Lipinski definition) is 4. The Labute approximate surface area is 259 Å². The molecule has 236 valence electrons. The summed E-state index contributed by atoms with van der Waals surface area (Å²) in [5.41, 5.74) is 3.59. The average molecular weight is 593 g/mol. The molecule has 43 heavy (non-hydrogen) atoms. The number of unbranched alkanes of at least 4 members (excludes halogenated alkanes) is 2. The van der Waals surface area contributed by atoms with Crippen LogP contribution in [0, 0.1) is 28.5 Å². The number of carbonyl (C=O) groups excluding carboxylic acids is 1. The van der Waals surface area contributed by atoms with Gasteiger partial charge in [-0.1, -0.05) is 72.1 Å². The van der Waals surface area contributed by atoms with E-state index in [1.807, 2.05) is 26.8 Å². The molecule has 0 spiro atoms. The van der Waals surface area contributed by atoms with Gasteiger partial charge in [-0.25, -0.2) is 4.39 Å². The lowest BCUT2D eigenvalue weighted by molar-refractivity contribution is -0.152. The van der Waals surface area contributed by atoms with Crippen molar-refractivity contribution in [2.45, 2.75) is 105 Å². The summed E-state index contributed by atoms with van der Waals surface area (Å²) in [6.45, 7) is 17.3. The molecule has 2 aromatic carbocycles. The minimum atomic E-state index is -0.540. The third kappa shape index (κ3) is 6.51. The largest absolute Gasteiger partial charge is 0.496 e. The smallest absolute Gasteiger partial charge is 0.311 e. The van der Waals surface area contributed by atoms with Gasteiger partial charge in [0, 0.05) is 11.5 Å². The van der Waals surface area contributed by atoms with Crippen molar-refractivity contribution in [3.05, 3.63) is 70.6 Å². The summed E-state index contributed by atoms with van der Waals surface area (Å²) in [6.07, 6.45) is 7.70. The lowest BCUT2D eigenvalue weighted by Gasteiger charge is -2.59. The first-order valence-corrected chi connectivity index (χ1v) is 16.1. The van der Waals surface area contributed by atoms with Gasteiger partial charge in [0.1, 0.15) is 23.9 Å². The molecular formula is C38H53FO4. The number of carbonyl (C=O) groups is 1. The average Bonchev–Trinajstić information content (AvgIpc) is 2.96. The topological polar surface area (TPSA) is 44.8 Å². The number of benzene rings is 2. The molecule has 5 heteroatoms. The number of fused-ring (bicyclic) bond motifs is 1. The van der Waals surface area contributed by atoms with Gasteiger partial charge in [0.25, 0.3) is 0 Å². The number of halogens is 1. The fourth-order valence-electron chi connectivity index (χ4n) is 7.57. The monoisotopic (exact) mass is 592 g/mol. The van der Waals surface area contributed by atoms with Crippen LogP contribution < -0.4 is 9.47 Å². The number of allylic oxidation sites excluding steroid dienone is 1. The Morgan fingerprint density at radius 3 is 2.21 bits per heavy atom. The van der Waals surface area contributed by atoms with Crippen molar-refractivity contribution in [1.82, 2.24) is 0 Å². The molecule has 0 heterocycles. The number of esters is 1. The summed E-state index contributed by atoms with van der Waals surface area (Å²) in [6, 6.07) is 11.4. The third-order valence-corrected chi connectivity index (χ3v) is 10.4. The molecule has 0 aromatic heterocycles. The maximum atomic E-state index is 14.4. The molecule has 2 aromatic rings. The number of ether oxygens (including phenoxy) is 3. The van der Waals surface area contributed by atoms with E-state index in [-0.39, 0.29) is 34.5 Å². The highest BCUT2D eigenvalue weighted by molar-refractivity contribution is 5.75. The Hall–Kier alpha value is -2.82. The fourth-order valence-corrected chi connectivity index (χ4v) is 7.57. The summed E-state index contributed by atoms with van der Waals surface area (Å²) in [5.74, 6) is 2.26. The van der Waals surface area contributed by atoms with Crippen LogP contribution in [0.25, 0.3) is 0 Å². The Bertz CT molecular complexity index is 1310. The van der Waals surface area contributed by atoms with Crippen molar-refractivity contribution < 1.29 is 23.4 Å². The third-order valence-electron chi connectivity index (χ3n) is 10.4. The van der Waals surface area contributed by atoms with Gasteiger partial charge in [-0.15, -0.1) is 0 Å². The molecule has 1 fully saturated rings. The number of hydrogen-bond donors (Lipinski definition) is 0. The van der Waals surface area contributed by atoms with Gasteiger partial charge in [-0.2, -0.15) is 0 Å². The van der Waals surface area contributed by atoms with E-state index in [4.69, 9.17) is 14.2 Å². The lowest BCUT2D eigenvalue weighted by atomic mass is 9.45. The van der Waals surface area contributed by atoms with Crippen LogP contribution in [0.4, 0.5) is 4.39 Å². The maximum absolute atomic E-state index is 14.4. The van der Waals surface area contributed by atoms with Gasteiger partial charge in [-0.05, 0) is 103 Å². The Morgan fingerprint density at radius 1 is 1.02 bits per heavy atom. The van der Waals surface area contributed by atoms with Gasteiger partial charge < -0.3 is 14.2 Å². The zero-order chi connectivity index (χ0) is 31.7. The molecular weight excluding hydrogens is 539 g/mol. The van der Waals surface area contributed by atoms with Crippen LogP contribution in [-0.4, -0.2) is 26.8 Å². The highest BCUT2D eigenvalue weighted by Crippen LogP contribution is 2.65. The van der Waals surface area contributed by atoms with Crippen molar-refractivity contribution in [3.63, 3.8) is 0 Å². The first-order chi connectivity index (χ1) is 20.2. The number of methoxy groups -OCH3 is 2. The van der Waals surface area contributed by atoms with Crippen molar-refractivity contribution >= 4 is 5.97 Å². The fraction of sp³-hybridized carbons (Fsp3) is 0.605. The second kappa shape index (κ2) is 12.7. The summed E-state index contributed by atoms with van der Waals surface area (Å²) in [4.78, 5) is 12.6. The van der Waals surface area contributed by atoms with Crippen molar-refractivity contribution in [3.8, 4) is 11.5 Å². The normalized spacial score (nSPS) is 21.8. The molecule has 0 N–H and O–H groups in total. The SMILES string of the molecule is CCCCC[C@@H](c1cccc(F)c1)C(C)(C)c1cc(OC)c([C@H]2C=C(COC(=O)C(C)(C)C)[C@H]3C[C@@H]2C3(C)C)c(OC)c1. The van der Waals surface area contributed by atoms with E-state index in [0.29, 0.717) is 18.4 Å².